The summed E-state index contributed by atoms with van der Waals surface area (Å²) in [6, 6.07) is 14.5. The van der Waals surface area contributed by atoms with Gasteiger partial charge in [0, 0.05) is 6.42 Å². The maximum atomic E-state index is 9.42. The van der Waals surface area contributed by atoms with E-state index in [4.69, 9.17) is 10.7 Å². The van der Waals surface area contributed by atoms with E-state index in [2.05, 4.69) is 36.6 Å². The maximum absolute atomic E-state index is 9.42. The number of benzene rings is 2. The lowest BCUT2D eigenvalue weighted by Crippen LogP contribution is -2.07. The second-order valence-corrected chi connectivity index (χ2v) is 6.91. The summed E-state index contributed by atoms with van der Waals surface area (Å²) >= 11 is 0. The van der Waals surface area contributed by atoms with Gasteiger partial charge in [-0.25, -0.2) is 4.98 Å². The van der Waals surface area contributed by atoms with E-state index in [0.717, 1.165) is 60.2 Å². The molecule has 2 N–H and O–H groups in total. The Morgan fingerprint density at radius 1 is 1.08 bits per heavy atom. The molecule has 2 aromatic carbocycles. The van der Waals surface area contributed by atoms with Gasteiger partial charge in [0.2, 0.25) is 0 Å². The first kappa shape index (κ1) is 18.2. The van der Waals surface area contributed by atoms with E-state index in [-0.39, 0.29) is 0 Å². The van der Waals surface area contributed by atoms with Crippen molar-refractivity contribution in [3.8, 4) is 6.07 Å². The third kappa shape index (κ3) is 3.79. The van der Waals surface area contributed by atoms with Gasteiger partial charge >= 0.3 is 0 Å². The smallest absolute Gasteiger partial charge is 0.110 e. The topological polar surface area (TPSA) is 67.6 Å². The van der Waals surface area contributed by atoms with Crippen molar-refractivity contribution in [1.82, 2.24) is 9.55 Å². The number of imidazole rings is 1. The minimum absolute atomic E-state index is 0.676. The molecule has 1 heterocycles. The van der Waals surface area contributed by atoms with Gasteiger partial charge in [-0.15, -0.1) is 0 Å². The summed E-state index contributed by atoms with van der Waals surface area (Å²) in [4.78, 5) is 4.91. The molecule has 3 aromatic rings. The summed E-state index contributed by atoms with van der Waals surface area (Å²) in [7, 11) is 0. The van der Waals surface area contributed by atoms with Crippen molar-refractivity contribution in [3.05, 3.63) is 64.5 Å². The van der Waals surface area contributed by atoms with Gasteiger partial charge in [-0.2, -0.15) is 5.26 Å². The standard InChI is InChI=1S/C22H26N4/c1-16-12-20-21(13-17(16)2)26(22(25-20)10-4-3-7-11-23)15-19-9-6-5-8-18(19)14-24/h5-6,8-9,12-13H,3-4,7,10-11,15,23H2,1-2H3. The molecule has 0 aliphatic rings. The summed E-state index contributed by atoms with van der Waals surface area (Å²) in [6.07, 6.45) is 4.18. The minimum atomic E-state index is 0.676. The molecular weight excluding hydrogens is 320 g/mol. The molecule has 0 aliphatic heterocycles. The Bertz CT molecular complexity index is 947. The second kappa shape index (κ2) is 8.16. The Morgan fingerprint density at radius 2 is 1.85 bits per heavy atom. The molecule has 0 amide bonds. The summed E-state index contributed by atoms with van der Waals surface area (Å²) in [5, 5.41) is 9.42. The van der Waals surface area contributed by atoms with E-state index in [1.165, 1.54) is 11.1 Å². The summed E-state index contributed by atoms with van der Waals surface area (Å²) in [5.74, 6) is 1.09. The molecule has 3 rings (SSSR count). The number of unbranched alkanes of at least 4 members (excludes halogenated alkanes) is 2. The molecule has 134 valence electrons. The van der Waals surface area contributed by atoms with Crippen molar-refractivity contribution in [2.24, 2.45) is 5.73 Å². The Labute approximate surface area is 155 Å². The average Bonchev–Trinajstić information content (AvgIpc) is 2.96. The predicted octanol–water partition coefficient (Wildman–Crippen LogP) is 4.24. The predicted molar refractivity (Wildman–Crippen MR) is 106 cm³/mol. The zero-order chi connectivity index (χ0) is 18.5. The molecule has 26 heavy (non-hydrogen) atoms. The van der Waals surface area contributed by atoms with Crippen LogP contribution in [0.1, 0.15) is 47.3 Å². The zero-order valence-electron chi connectivity index (χ0n) is 15.6. The fourth-order valence-electron chi connectivity index (χ4n) is 3.34. The molecule has 0 saturated carbocycles. The second-order valence-electron chi connectivity index (χ2n) is 6.91. The number of aryl methyl sites for hydroxylation is 3. The molecular formula is C22H26N4. The fraction of sp³-hybridized carbons (Fsp3) is 0.364. The van der Waals surface area contributed by atoms with E-state index in [1.807, 2.05) is 24.3 Å². The van der Waals surface area contributed by atoms with Crippen LogP contribution >= 0.6 is 0 Å². The highest BCUT2D eigenvalue weighted by molar-refractivity contribution is 5.78. The summed E-state index contributed by atoms with van der Waals surface area (Å²) in [6.45, 7) is 5.68. The van der Waals surface area contributed by atoms with Crippen molar-refractivity contribution >= 4 is 11.0 Å². The number of nitrogens with two attached hydrogens (primary N) is 1. The van der Waals surface area contributed by atoms with Crippen molar-refractivity contribution in [2.45, 2.75) is 46.1 Å². The SMILES string of the molecule is Cc1cc2nc(CCCCCN)n(Cc3ccccc3C#N)c2cc1C. The van der Waals surface area contributed by atoms with E-state index < -0.39 is 0 Å². The number of aromatic nitrogens is 2. The number of nitrogens with zero attached hydrogens (tertiary/aromatic N) is 3. The number of nitriles is 1. The van der Waals surface area contributed by atoms with Gasteiger partial charge in [0.15, 0.2) is 0 Å². The molecule has 4 nitrogen and oxygen atoms in total. The Kier molecular flexibility index (Phi) is 5.70. The van der Waals surface area contributed by atoms with Crippen molar-refractivity contribution in [1.29, 1.82) is 5.26 Å². The highest BCUT2D eigenvalue weighted by Gasteiger charge is 2.13. The van der Waals surface area contributed by atoms with Crippen LogP contribution in [-0.2, 0) is 13.0 Å². The van der Waals surface area contributed by atoms with Crippen LogP contribution in [0.3, 0.4) is 0 Å². The number of fused-ring (bicyclic) bond motifs is 1. The first-order valence-electron chi connectivity index (χ1n) is 9.28. The normalized spacial score (nSPS) is 11.0. The highest BCUT2D eigenvalue weighted by Crippen LogP contribution is 2.24. The van der Waals surface area contributed by atoms with E-state index in [0.29, 0.717) is 6.54 Å². The molecule has 0 bridgehead atoms. The Morgan fingerprint density at radius 3 is 2.62 bits per heavy atom. The van der Waals surface area contributed by atoms with Crippen LogP contribution < -0.4 is 5.73 Å². The van der Waals surface area contributed by atoms with E-state index in [9.17, 15) is 5.26 Å². The minimum Gasteiger partial charge on any atom is -0.330 e. The zero-order valence-corrected chi connectivity index (χ0v) is 15.6. The summed E-state index contributed by atoms with van der Waals surface area (Å²) < 4.78 is 2.28. The lowest BCUT2D eigenvalue weighted by atomic mass is 10.1. The Balaban J connectivity index is 2.02. The van der Waals surface area contributed by atoms with Gasteiger partial charge in [-0.1, -0.05) is 24.6 Å². The molecule has 0 fully saturated rings. The monoisotopic (exact) mass is 346 g/mol. The van der Waals surface area contributed by atoms with Crippen molar-refractivity contribution in [3.63, 3.8) is 0 Å². The molecule has 0 atom stereocenters. The molecule has 1 aromatic heterocycles. The van der Waals surface area contributed by atoms with Crippen LogP contribution in [-0.4, -0.2) is 16.1 Å². The van der Waals surface area contributed by atoms with Gasteiger partial charge in [0.1, 0.15) is 5.82 Å². The van der Waals surface area contributed by atoms with Crippen molar-refractivity contribution < 1.29 is 0 Å². The molecule has 0 unspecified atom stereocenters. The maximum Gasteiger partial charge on any atom is 0.110 e. The third-order valence-electron chi connectivity index (χ3n) is 5.01. The first-order chi connectivity index (χ1) is 12.6. The lowest BCUT2D eigenvalue weighted by Gasteiger charge is -2.11. The van der Waals surface area contributed by atoms with Crippen LogP contribution in [0, 0.1) is 25.2 Å². The number of hydrogen-bond acceptors (Lipinski definition) is 3. The van der Waals surface area contributed by atoms with Gasteiger partial charge in [0.05, 0.1) is 29.2 Å². The van der Waals surface area contributed by atoms with Gasteiger partial charge in [-0.3, -0.25) is 0 Å². The van der Waals surface area contributed by atoms with Crippen LogP contribution in [0.5, 0.6) is 0 Å². The highest BCUT2D eigenvalue weighted by atomic mass is 15.1. The largest absolute Gasteiger partial charge is 0.330 e. The van der Waals surface area contributed by atoms with E-state index in [1.54, 1.807) is 0 Å². The molecule has 0 radical (unpaired) electrons. The van der Waals surface area contributed by atoms with E-state index >= 15 is 0 Å². The molecule has 0 spiro atoms. The van der Waals surface area contributed by atoms with Crippen LogP contribution in [0.2, 0.25) is 0 Å². The van der Waals surface area contributed by atoms with Crippen LogP contribution in [0.25, 0.3) is 11.0 Å². The molecule has 4 heteroatoms. The number of hydrogen-bond donors (Lipinski definition) is 1. The van der Waals surface area contributed by atoms with Gasteiger partial charge in [-0.05, 0) is 68.1 Å². The first-order valence-corrected chi connectivity index (χ1v) is 9.28. The molecule has 0 aliphatic carbocycles. The quantitative estimate of drug-likeness (QED) is 0.651. The third-order valence-corrected chi connectivity index (χ3v) is 5.01. The lowest BCUT2D eigenvalue weighted by molar-refractivity contribution is 0.644. The van der Waals surface area contributed by atoms with Crippen molar-refractivity contribution in [2.75, 3.05) is 6.54 Å². The average molecular weight is 346 g/mol. The number of rotatable bonds is 7. The van der Waals surface area contributed by atoms with Crippen LogP contribution in [0.4, 0.5) is 0 Å². The summed E-state index contributed by atoms with van der Waals surface area (Å²) in [5.41, 5.74) is 12.1. The Hall–Kier alpha value is -2.64. The van der Waals surface area contributed by atoms with Crippen LogP contribution in [0.15, 0.2) is 36.4 Å². The fourth-order valence-corrected chi connectivity index (χ4v) is 3.34. The van der Waals surface area contributed by atoms with Gasteiger partial charge < -0.3 is 10.3 Å². The van der Waals surface area contributed by atoms with Gasteiger partial charge in [0.25, 0.3) is 0 Å². The molecule has 0 saturated heterocycles.